The summed E-state index contributed by atoms with van der Waals surface area (Å²) in [6.45, 7) is 4.84. The standard InChI is InChI=1S/C12H20N4O/c1-3-5-9-6-11(15-8-13)16(7-9)10(4-2)12(14)17/h9-10H,3-7H2,1-2H3,(H2,14,17). The van der Waals surface area contributed by atoms with Crippen LogP contribution in [0.5, 0.6) is 0 Å². The third-order valence-electron chi connectivity index (χ3n) is 3.23. The van der Waals surface area contributed by atoms with Gasteiger partial charge in [0, 0.05) is 13.0 Å². The van der Waals surface area contributed by atoms with Gasteiger partial charge >= 0.3 is 0 Å². The molecule has 1 amide bonds. The van der Waals surface area contributed by atoms with Crippen LogP contribution in [0.4, 0.5) is 0 Å². The van der Waals surface area contributed by atoms with Crippen LogP contribution in [0, 0.1) is 17.4 Å². The Hall–Kier alpha value is -1.57. The fraction of sp³-hybridized carbons (Fsp3) is 0.750. The monoisotopic (exact) mass is 236 g/mol. The summed E-state index contributed by atoms with van der Waals surface area (Å²) in [5.41, 5.74) is 5.39. The van der Waals surface area contributed by atoms with Gasteiger partial charge in [-0.05, 0) is 18.8 Å². The van der Waals surface area contributed by atoms with Crippen LogP contribution in [0.15, 0.2) is 4.99 Å². The van der Waals surface area contributed by atoms with Gasteiger partial charge in [0.2, 0.25) is 12.1 Å². The van der Waals surface area contributed by atoms with Crippen molar-refractivity contribution in [3.05, 3.63) is 0 Å². The molecule has 0 aromatic carbocycles. The van der Waals surface area contributed by atoms with Gasteiger partial charge in [-0.1, -0.05) is 20.3 Å². The molecule has 1 aliphatic rings. The van der Waals surface area contributed by atoms with Crippen molar-refractivity contribution in [1.29, 1.82) is 5.26 Å². The normalized spacial score (nSPS) is 23.7. The van der Waals surface area contributed by atoms with Crippen LogP contribution in [0.25, 0.3) is 0 Å². The minimum Gasteiger partial charge on any atom is -0.368 e. The number of hydrogen-bond donors (Lipinski definition) is 1. The van der Waals surface area contributed by atoms with E-state index < -0.39 is 0 Å². The first-order valence-corrected chi connectivity index (χ1v) is 6.15. The highest BCUT2D eigenvalue weighted by atomic mass is 16.1. The molecular formula is C12H20N4O. The van der Waals surface area contributed by atoms with Crippen LogP contribution < -0.4 is 5.73 Å². The molecule has 0 bridgehead atoms. The number of amides is 1. The number of carbonyl (C=O) groups is 1. The molecule has 5 heteroatoms. The Kier molecular flexibility index (Phi) is 4.95. The molecule has 0 aromatic rings. The van der Waals surface area contributed by atoms with Crippen molar-refractivity contribution < 1.29 is 4.79 Å². The summed E-state index contributed by atoms with van der Waals surface area (Å²) in [6.07, 6.45) is 5.44. The van der Waals surface area contributed by atoms with Crippen molar-refractivity contribution in [3.8, 4) is 6.19 Å². The summed E-state index contributed by atoms with van der Waals surface area (Å²) in [7, 11) is 0. The lowest BCUT2D eigenvalue weighted by Gasteiger charge is -2.26. The number of amidine groups is 1. The summed E-state index contributed by atoms with van der Waals surface area (Å²) >= 11 is 0. The summed E-state index contributed by atoms with van der Waals surface area (Å²) in [5, 5.41) is 8.67. The van der Waals surface area contributed by atoms with E-state index in [4.69, 9.17) is 11.0 Å². The number of aliphatic imine (C=N–C) groups is 1. The van der Waals surface area contributed by atoms with Crippen LogP contribution in [0.3, 0.4) is 0 Å². The minimum absolute atomic E-state index is 0.330. The molecule has 0 aliphatic carbocycles. The van der Waals surface area contributed by atoms with Crippen molar-refractivity contribution in [2.45, 2.75) is 45.6 Å². The summed E-state index contributed by atoms with van der Waals surface area (Å²) in [4.78, 5) is 17.1. The molecule has 1 fully saturated rings. The zero-order valence-corrected chi connectivity index (χ0v) is 10.5. The van der Waals surface area contributed by atoms with E-state index in [1.54, 1.807) is 0 Å². The number of carbonyl (C=O) groups excluding carboxylic acids is 1. The molecule has 1 heterocycles. The van der Waals surface area contributed by atoms with Crippen LogP contribution in [-0.2, 0) is 4.79 Å². The molecule has 0 aromatic heterocycles. The van der Waals surface area contributed by atoms with E-state index in [0.29, 0.717) is 12.3 Å². The molecule has 5 nitrogen and oxygen atoms in total. The van der Waals surface area contributed by atoms with Crippen LogP contribution in [0.1, 0.15) is 39.5 Å². The van der Waals surface area contributed by atoms with Crippen LogP contribution in [-0.4, -0.2) is 29.2 Å². The SMILES string of the molecule is CCCC1CC(=NC#N)N(C(CC)C(N)=O)C1. The highest BCUT2D eigenvalue weighted by molar-refractivity contribution is 5.91. The molecule has 94 valence electrons. The molecule has 2 atom stereocenters. The number of nitrogens with two attached hydrogens (primary N) is 1. The van der Waals surface area contributed by atoms with E-state index in [0.717, 1.165) is 31.6 Å². The predicted octanol–water partition coefficient (Wildman–Crippen LogP) is 1.25. The minimum atomic E-state index is -0.338. The fourth-order valence-electron chi connectivity index (χ4n) is 2.48. The van der Waals surface area contributed by atoms with Gasteiger partial charge in [0.05, 0.1) is 0 Å². The van der Waals surface area contributed by atoms with Crippen molar-refractivity contribution >= 4 is 11.7 Å². The molecule has 2 N–H and O–H groups in total. The summed E-state index contributed by atoms with van der Waals surface area (Å²) in [5.74, 6) is 0.868. The zero-order chi connectivity index (χ0) is 12.8. The Morgan fingerprint density at radius 1 is 1.71 bits per heavy atom. The summed E-state index contributed by atoms with van der Waals surface area (Å²) < 4.78 is 0. The number of hydrogen-bond acceptors (Lipinski definition) is 3. The fourth-order valence-corrected chi connectivity index (χ4v) is 2.48. The van der Waals surface area contributed by atoms with E-state index >= 15 is 0 Å². The maximum atomic E-state index is 11.4. The topological polar surface area (TPSA) is 82.5 Å². The Morgan fingerprint density at radius 3 is 2.88 bits per heavy atom. The van der Waals surface area contributed by atoms with Gasteiger partial charge in [-0.15, -0.1) is 0 Å². The molecule has 0 radical (unpaired) electrons. The second-order valence-electron chi connectivity index (χ2n) is 4.47. The molecule has 2 unspecified atom stereocenters. The van der Waals surface area contributed by atoms with E-state index in [2.05, 4.69) is 11.9 Å². The van der Waals surface area contributed by atoms with Gasteiger partial charge in [-0.3, -0.25) is 4.79 Å². The third-order valence-corrected chi connectivity index (χ3v) is 3.23. The predicted molar refractivity (Wildman–Crippen MR) is 66.0 cm³/mol. The first-order chi connectivity index (χ1) is 8.13. The molecule has 1 rings (SSSR count). The van der Waals surface area contributed by atoms with Gasteiger partial charge < -0.3 is 10.6 Å². The Balaban J connectivity index is 2.84. The van der Waals surface area contributed by atoms with Crippen molar-refractivity contribution in [3.63, 3.8) is 0 Å². The Labute approximate surface area is 102 Å². The molecular weight excluding hydrogens is 216 g/mol. The maximum absolute atomic E-state index is 11.4. The average Bonchev–Trinajstić information content (AvgIpc) is 2.63. The number of nitrogens with zero attached hydrogens (tertiary/aromatic N) is 3. The summed E-state index contributed by atoms with van der Waals surface area (Å²) in [6, 6.07) is -0.330. The first kappa shape index (κ1) is 13.5. The molecule has 1 aliphatic heterocycles. The molecule has 1 saturated heterocycles. The first-order valence-electron chi connectivity index (χ1n) is 6.15. The highest BCUT2D eigenvalue weighted by Crippen LogP contribution is 2.25. The lowest BCUT2D eigenvalue weighted by molar-refractivity contribution is -0.122. The van der Waals surface area contributed by atoms with Gasteiger partial charge in [0.25, 0.3) is 0 Å². The highest BCUT2D eigenvalue weighted by Gasteiger charge is 2.34. The lowest BCUT2D eigenvalue weighted by Crippen LogP contribution is -2.45. The Morgan fingerprint density at radius 2 is 2.41 bits per heavy atom. The van der Waals surface area contributed by atoms with Crippen LogP contribution >= 0.6 is 0 Å². The van der Waals surface area contributed by atoms with E-state index in [1.807, 2.05) is 18.0 Å². The zero-order valence-electron chi connectivity index (χ0n) is 10.5. The van der Waals surface area contributed by atoms with Crippen molar-refractivity contribution in [1.82, 2.24) is 4.90 Å². The second kappa shape index (κ2) is 6.24. The quantitative estimate of drug-likeness (QED) is 0.729. The molecule has 17 heavy (non-hydrogen) atoms. The van der Waals surface area contributed by atoms with Gasteiger partial charge in [0.15, 0.2) is 0 Å². The Bertz CT molecular complexity index is 345. The lowest BCUT2D eigenvalue weighted by atomic mass is 10.0. The third kappa shape index (κ3) is 3.19. The molecule has 0 spiro atoms. The van der Waals surface area contributed by atoms with Crippen LogP contribution in [0.2, 0.25) is 0 Å². The van der Waals surface area contributed by atoms with E-state index in [-0.39, 0.29) is 11.9 Å². The number of nitriles is 1. The number of rotatable bonds is 5. The van der Waals surface area contributed by atoms with E-state index in [9.17, 15) is 4.79 Å². The van der Waals surface area contributed by atoms with Gasteiger partial charge in [-0.25, -0.2) is 0 Å². The van der Waals surface area contributed by atoms with E-state index in [1.165, 1.54) is 0 Å². The number of primary amides is 1. The largest absolute Gasteiger partial charge is 0.368 e. The number of likely N-dealkylation sites (tertiary alicyclic amines) is 1. The van der Waals surface area contributed by atoms with Gasteiger partial charge in [-0.2, -0.15) is 10.3 Å². The van der Waals surface area contributed by atoms with Gasteiger partial charge in [0.1, 0.15) is 11.9 Å². The maximum Gasteiger partial charge on any atom is 0.240 e. The average molecular weight is 236 g/mol. The molecule has 0 saturated carbocycles. The smallest absolute Gasteiger partial charge is 0.240 e. The van der Waals surface area contributed by atoms with Crippen molar-refractivity contribution in [2.75, 3.05) is 6.54 Å². The second-order valence-corrected chi connectivity index (χ2v) is 4.47. The van der Waals surface area contributed by atoms with Crippen molar-refractivity contribution in [2.24, 2.45) is 16.6 Å².